The molecule has 1 aromatic rings. The maximum Gasteiger partial charge on any atom is 0.240 e. The summed E-state index contributed by atoms with van der Waals surface area (Å²) in [4.78, 5) is 0.157. The minimum Gasteiger partial charge on any atom is -0.379 e. The standard InChI is InChI=1S/C14H22N2O5S2/c1-11-4-6-13(7-5-11)23(19,20)15-14-9-21-8-12(14)10-22(17,18)16(2)3/h4-7,12,14-15H,8-10H2,1-3H3. The Kier molecular flexibility index (Phi) is 5.47. The smallest absolute Gasteiger partial charge is 0.240 e. The Morgan fingerprint density at radius 3 is 2.30 bits per heavy atom. The van der Waals surface area contributed by atoms with Crippen LogP contribution in [0.1, 0.15) is 5.56 Å². The summed E-state index contributed by atoms with van der Waals surface area (Å²) in [5.74, 6) is -0.566. The van der Waals surface area contributed by atoms with Gasteiger partial charge in [0, 0.05) is 20.0 Å². The van der Waals surface area contributed by atoms with Gasteiger partial charge >= 0.3 is 0 Å². The summed E-state index contributed by atoms with van der Waals surface area (Å²) in [5.41, 5.74) is 0.961. The minimum absolute atomic E-state index is 0.152. The number of benzene rings is 1. The average Bonchev–Trinajstić information content (AvgIpc) is 2.85. The Labute approximate surface area is 137 Å². The highest BCUT2D eigenvalue weighted by Gasteiger charge is 2.35. The first kappa shape index (κ1) is 18.3. The molecule has 0 amide bonds. The summed E-state index contributed by atoms with van der Waals surface area (Å²) in [7, 11) is -4.22. The SMILES string of the molecule is Cc1ccc(S(=O)(=O)NC2COCC2CS(=O)(=O)N(C)C)cc1. The molecule has 1 aromatic carbocycles. The fourth-order valence-electron chi connectivity index (χ4n) is 2.30. The van der Waals surface area contributed by atoms with Crippen LogP contribution in [0.2, 0.25) is 0 Å². The van der Waals surface area contributed by atoms with Gasteiger partial charge in [0.1, 0.15) is 0 Å². The molecule has 23 heavy (non-hydrogen) atoms. The summed E-state index contributed by atoms with van der Waals surface area (Å²) >= 11 is 0. The van der Waals surface area contributed by atoms with Crippen LogP contribution in [0.3, 0.4) is 0 Å². The number of rotatable bonds is 6. The number of hydrogen-bond donors (Lipinski definition) is 1. The Morgan fingerprint density at radius 1 is 1.13 bits per heavy atom. The van der Waals surface area contributed by atoms with Crippen LogP contribution < -0.4 is 4.72 Å². The van der Waals surface area contributed by atoms with Crippen LogP contribution in [0.5, 0.6) is 0 Å². The van der Waals surface area contributed by atoms with Crippen LogP contribution in [-0.4, -0.2) is 60.2 Å². The topological polar surface area (TPSA) is 92.8 Å². The molecule has 2 unspecified atom stereocenters. The highest BCUT2D eigenvalue weighted by atomic mass is 32.2. The first-order chi connectivity index (χ1) is 10.6. The summed E-state index contributed by atoms with van der Waals surface area (Å²) in [6.07, 6.45) is 0. The van der Waals surface area contributed by atoms with Crippen molar-refractivity contribution >= 4 is 20.0 Å². The van der Waals surface area contributed by atoms with E-state index >= 15 is 0 Å². The fourth-order valence-corrected chi connectivity index (χ4v) is 4.75. The van der Waals surface area contributed by atoms with Crippen molar-refractivity contribution in [1.82, 2.24) is 9.03 Å². The van der Waals surface area contributed by atoms with Gasteiger partial charge in [-0.3, -0.25) is 0 Å². The summed E-state index contributed by atoms with van der Waals surface area (Å²) < 4.78 is 57.8. The molecule has 7 nitrogen and oxygen atoms in total. The zero-order valence-corrected chi connectivity index (χ0v) is 15.0. The van der Waals surface area contributed by atoms with Crippen molar-refractivity contribution in [3.05, 3.63) is 29.8 Å². The number of sulfonamides is 2. The maximum absolute atomic E-state index is 12.4. The predicted octanol–water partition coefficient (Wildman–Crippen LogP) is 0.180. The number of aryl methyl sites for hydroxylation is 1. The molecule has 0 aromatic heterocycles. The first-order valence-corrected chi connectivity index (χ1v) is 10.3. The molecular weight excluding hydrogens is 340 g/mol. The molecule has 1 heterocycles. The molecule has 1 saturated heterocycles. The van der Waals surface area contributed by atoms with E-state index in [4.69, 9.17) is 4.74 Å². The van der Waals surface area contributed by atoms with Gasteiger partial charge in [-0.25, -0.2) is 25.9 Å². The Morgan fingerprint density at radius 2 is 1.74 bits per heavy atom. The van der Waals surface area contributed by atoms with E-state index < -0.39 is 32.0 Å². The number of hydrogen-bond acceptors (Lipinski definition) is 5. The minimum atomic E-state index is -3.71. The fraction of sp³-hybridized carbons (Fsp3) is 0.571. The van der Waals surface area contributed by atoms with E-state index in [-0.39, 0.29) is 23.9 Å². The normalized spacial score (nSPS) is 22.6. The van der Waals surface area contributed by atoms with E-state index in [1.54, 1.807) is 12.1 Å². The molecular formula is C14H22N2O5S2. The molecule has 2 atom stereocenters. The monoisotopic (exact) mass is 362 g/mol. The van der Waals surface area contributed by atoms with E-state index in [9.17, 15) is 16.8 Å². The second-order valence-corrected chi connectivity index (χ2v) is 9.84. The van der Waals surface area contributed by atoms with Gasteiger partial charge in [-0.05, 0) is 19.1 Å². The van der Waals surface area contributed by atoms with Crippen molar-refractivity contribution in [2.24, 2.45) is 5.92 Å². The van der Waals surface area contributed by atoms with Crippen molar-refractivity contribution in [2.45, 2.75) is 17.9 Å². The van der Waals surface area contributed by atoms with E-state index in [1.807, 2.05) is 6.92 Å². The molecule has 2 rings (SSSR count). The van der Waals surface area contributed by atoms with Gasteiger partial charge in [-0.2, -0.15) is 0 Å². The van der Waals surface area contributed by atoms with Gasteiger partial charge in [0.25, 0.3) is 0 Å². The van der Waals surface area contributed by atoms with Crippen molar-refractivity contribution < 1.29 is 21.6 Å². The molecule has 9 heteroatoms. The first-order valence-electron chi connectivity index (χ1n) is 7.19. The quantitative estimate of drug-likeness (QED) is 0.779. The highest BCUT2D eigenvalue weighted by Crippen LogP contribution is 2.20. The van der Waals surface area contributed by atoms with Gasteiger partial charge in [0.2, 0.25) is 20.0 Å². The van der Waals surface area contributed by atoms with Gasteiger partial charge in [0.05, 0.1) is 29.9 Å². The van der Waals surface area contributed by atoms with Gasteiger partial charge in [-0.15, -0.1) is 0 Å². The van der Waals surface area contributed by atoms with Crippen LogP contribution in [-0.2, 0) is 24.8 Å². The lowest BCUT2D eigenvalue weighted by Crippen LogP contribution is -2.43. The van der Waals surface area contributed by atoms with Crippen LogP contribution in [0, 0.1) is 12.8 Å². The third kappa shape index (κ3) is 4.51. The molecule has 0 aliphatic carbocycles. The molecule has 0 bridgehead atoms. The van der Waals surface area contributed by atoms with Gasteiger partial charge in [-0.1, -0.05) is 17.7 Å². The number of ether oxygens (including phenoxy) is 1. The average molecular weight is 362 g/mol. The Balaban J connectivity index is 2.13. The second-order valence-electron chi connectivity index (χ2n) is 5.90. The van der Waals surface area contributed by atoms with E-state index in [0.29, 0.717) is 0 Å². The lowest BCUT2D eigenvalue weighted by molar-refractivity contribution is 0.185. The van der Waals surface area contributed by atoms with Gasteiger partial charge in [0.15, 0.2) is 0 Å². The second kappa shape index (κ2) is 6.86. The summed E-state index contributed by atoms with van der Waals surface area (Å²) in [5, 5.41) is 0. The van der Waals surface area contributed by atoms with Gasteiger partial charge < -0.3 is 4.74 Å². The summed E-state index contributed by atoms with van der Waals surface area (Å²) in [6, 6.07) is 5.93. The molecule has 130 valence electrons. The van der Waals surface area contributed by atoms with Crippen LogP contribution in [0.4, 0.5) is 0 Å². The molecule has 1 fully saturated rings. The van der Waals surface area contributed by atoms with Crippen molar-refractivity contribution in [3.63, 3.8) is 0 Å². The Bertz CT molecular complexity index is 742. The summed E-state index contributed by atoms with van der Waals surface area (Å²) in [6.45, 7) is 2.25. The van der Waals surface area contributed by atoms with Crippen LogP contribution >= 0.6 is 0 Å². The highest BCUT2D eigenvalue weighted by molar-refractivity contribution is 7.89. The van der Waals surface area contributed by atoms with Crippen molar-refractivity contribution in [3.8, 4) is 0 Å². The molecule has 0 saturated carbocycles. The Hall–Kier alpha value is -1.00. The molecule has 0 spiro atoms. The van der Waals surface area contributed by atoms with Crippen LogP contribution in [0.25, 0.3) is 0 Å². The zero-order valence-electron chi connectivity index (χ0n) is 13.4. The zero-order chi connectivity index (χ0) is 17.3. The lowest BCUT2D eigenvalue weighted by atomic mass is 10.1. The molecule has 1 aliphatic heterocycles. The third-order valence-electron chi connectivity index (χ3n) is 3.82. The maximum atomic E-state index is 12.4. The molecule has 1 aliphatic rings. The lowest BCUT2D eigenvalue weighted by Gasteiger charge is -2.21. The molecule has 1 N–H and O–H groups in total. The predicted molar refractivity (Wildman–Crippen MR) is 87.1 cm³/mol. The number of nitrogens with zero attached hydrogens (tertiary/aromatic N) is 1. The van der Waals surface area contributed by atoms with Crippen molar-refractivity contribution in [1.29, 1.82) is 0 Å². The number of nitrogens with one attached hydrogen (secondary N) is 1. The van der Waals surface area contributed by atoms with E-state index in [2.05, 4.69) is 4.72 Å². The van der Waals surface area contributed by atoms with E-state index in [1.165, 1.54) is 26.2 Å². The van der Waals surface area contributed by atoms with E-state index in [0.717, 1.165) is 9.87 Å². The third-order valence-corrected chi connectivity index (χ3v) is 7.29. The van der Waals surface area contributed by atoms with Crippen molar-refractivity contribution in [2.75, 3.05) is 33.1 Å². The largest absolute Gasteiger partial charge is 0.379 e. The van der Waals surface area contributed by atoms with Crippen LogP contribution in [0.15, 0.2) is 29.2 Å². The molecule has 0 radical (unpaired) electrons.